The van der Waals surface area contributed by atoms with Gasteiger partial charge in [0.1, 0.15) is 22.7 Å². The number of aromatic nitrogens is 4. The zero-order valence-corrected chi connectivity index (χ0v) is 28.6. The van der Waals surface area contributed by atoms with Gasteiger partial charge in [-0.15, -0.1) is 0 Å². The number of aryl methyl sites for hydroxylation is 2. The molecule has 1 saturated heterocycles. The highest BCUT2D eigenvalue weighted by Crippen LogP contribution is 2.38. The Morgan fingerprint density at radius 3 is 2.51 bits per heavy atom. The molecule has 1 aliphatic rings. The number of nitrogens with zero attached hydrogens (tertiary/aromatic N) is 5. The Hall–Kier alpha value is -2.76. The van der Waals surface area contributed by atoms with E-state index < -0.39 is 21.2 Å². The highest BCUT2D eigenvalue weighted by Gasteiger charge is 2.42. The van der Waals surface area contributed by atoms with Gasteiger partial charge in [-0.1, -0.05) is 34.1 Å². The Kier molecular flexibility index (Phi) is 8.81. The molecule has 1 fully saturated rings. The van der Waals surface area contributed by atoms with E-state index in [0.717, 1.165) is 24.4 Å². The van der Waals surface area contributed by atoms with Crippen LogP contribution in [0.5, 0.6) is 5.75 Å². The number of H-pyrrole nitrogens is 1. The number of hydrogen-bond donors (Lipinski definition) is 1. The summed E-state index contributed by atoms with van der Waals surface area (Å²) in [5.74, 6) is 0.432. The number of nitrogens with one attached hydrogen (secondary N) is 1. The van der Waals surface area contributed by atoms with Crippen LogP contribution in [-0.2, 0) is 17.1 Å². The average molecular weight is 616 g/mol. The van der Waals surface area contributed by atoms with Crippen molar-refractivity contribution in [2.75, 3.05) is 19.6 Å². The summed E-state index contributed by atoms with van der Waals surface area (Å²) in [6, 6.07) is 3.28. The van der Waals surface area contributed by atoms with E-state index in [-0.39, 0.29) is 39.3 Å². The van der Waals surface area contributed by atoms with Crippen molar-refractivity contribution in [3.05, 3.63) is 33.7 Å². The first-order chi connectivity index (χ1) is 20.4. The average Bonchev–Trinajstić information content (AvgIpc) is 3.26. The third-order valence-corrected chi connectivity index (χ3v) is 10.9. The fraction of sp³-hybridized carbons (Fsp3) is 0.656. The van der Waals surface area contributed by atoms with Crippen molar-refractivity contribution < 1.29 is 14.6 Å². The molecular formula is C32H50N6O4S. The van der Waals surface area contributed by atoms with E-state index in [0.29, 0.717) is 42.0 Å². The smallest absolute Gasteiger partial charge is 0.277 e. The first kappa shape index (κ1) is 31.7. The topological polar surface area (TPSA) is 113 Å². The number of sulfonamides is 1. The molecule has 2 atom stereocenters. The lowest BCUT2D eigenvalue weighted by Crippen LogP contribution is -2.63. The highest BCUT2D eigenvalue weighted by molar-refractivity contribution is 7.89. The number of aromatic amines is 1. The number of likely N-dealkylation sites (N-methyl/N-ethyl adjacent to an activating group) is 1. The molecule has 1 aliphatic heterocycles. The summed E-state index contributed by atoms with van der Waals surface area (Å²) in [4.78, 5) is 21.7. The van der Waals surface area contributed by atoms with Gasteiger partial charge in [0.05, 0.1) is 16.2 Å². The van der Waals surface area contributed by atoms with Gasteiger partial charge < -0.3 is 9.71 Å². The van der Waals surface area contributed by atoms with Crippen LogP contribution in [0.1, 0.15) is 98.8 Å². The van der Waals surface area contributed by atoms with Gasteiger partial charge in [0.2, 0.25) is 10.0 Å². The lowest BCUT2D eigenvalue weighted by Gasteiger charge is -2.50. The van der Waals surface area contributed by atoms with Gasteiger partial charge in [-0.25, -0.2) is 13.4 Å². The molecule has 0 spiro atoms. The van der Waals surface area contributed by atoms with Crippen LogP contribution >= 0.6 is 0 Å². The van der Waals surface area contributed by atoms with Crippen LogP contribution in [-0.4, -0.2) is 74.2 Å². The maximum atomic E-state index is 14.4. The lowest BCUT2D eigenvalue weighted by atomic mass is 9.97. The maximum Gasteiger partial charge on any atom is 0.277 e. The second-order valence-corrected chi connectivity index (χ2v) is 15.2. The summed E-state index contributed by atoms with van der Waals surface area (Å²) in [6.07, 6.45) is 2.48. The van der Waals surface area contributed by atoms with Crippen LogP contribution in [0.25, 0.3) is 22.4 Å². The summed E-state index contributed by atoms with van der Waals surface area (Å²) in [5.41, 5.74) is 0.627. The quantitative estimate of drug-likeness (QED) is 0.316. The van der Waals surface area contributed by atoms with E-state index in [9.17, 15) is 13.2 Å². The van der Waals surface area contributed by atoms with Crippen LogP contribution in [0.15, 0.2) is 21.8 Å². The second-order valence-electron chi connectivity index (χ2n) is 13.3. The number of benzene rings is 1. The minimum Gasteiger partial charge on any atom is -0.487 e. The van der Waals surface area contributed by atoms with Gasteiger partial charge in [-0.05, 0) is 78.6 Å². The minimum atomic E-state index is -3.96. The SMILES string of the molecule is [2H]n1c(-c2cc(S(=O)(=O)N3CC(C)N(CC)C(C)(C)C3)c(C)cc2OC(C)(C)CC)nc2c(C(C)CCC)nn(C)c2c1=O. The molecule has 10 nitrogen and oxygen atoms in total. The fourth-order valence-electron chi connectivity index (χ4n) is 6.39. The van der Waals surface area contributed by atoms with Crippen molar-refractivity contribution in [2.24, 2.45) is 7.05 Å². The van der Waals surface area contributed by atoms with Crippen molar-refractivity contribution in [3.63, 3.8) is 0 Å². The minimum absolute atomic E-state index is 0.0169. The Balaban J connectivity index is 1.99. The standard InChI is InChI=1S/C32H50N6O4S/c1-12-15-20(4)26-27-28(36(11)35-26)30(39)34-29(33-27)23-17-25(21(5)16-24(23)42-32(9,10)13-2)43(40,41)37-18-22(6)38(14-3)31(7,8)19-37/h16-17,20,22H,12-15,18-19H2,1-11H3,(H,33,34,39)/i/hD. The Bertz CT molecular complexity index is 1710. The summed E-state index contributed by atoms with van der Waals surface area (Å²) < 4.78 is 47.1. The number of ether oxygens (including phenoxy) is 1. The molecule has 2 unspecified atom stereocenters. The molecular weight excluding hydrogens is 564 g/mol. The Morgan fingerprint density at radius 2 is 1.93 bits per heavy atom. The lowest BCUT2D eigenvalue weighted by molar-refractivity contribution is 0.0165. The van der Waals surface area contributed by atoms with E-state index in [1.54, 1.807) is 30.4 Å². The molecule has 0 bridgehead atoms. The van der Waals surface area contributed by atoms with Crippen LogP contribution in [0, 0.1) is 6.92 Å². The summed E-state index contributed by atoms with van der Waals surface area (Å²) in [6.45, 7) is 21.6. The first-order valence-electron chi connectivity index (χ1n) is 15.9. The third kappa shape index (κ3) is 6.26. The van der Waals surface area contributed by atoms with E-state index in [1.807, 2.05) is 20.8 Å². The van der Waals surface area contributed by atoms with Gasteiger partial charge >= 0.3 is 0 Å². The summed E-state index contributed by atoms with van der Waals surface area (Å²) >= 11 is 0. The van der Waals surface area contributed by atoms with Crippen LogP contribution in [0.4, 0.5) is 0 Å². The molecule has 1 aromatic carbocycles. The molecule has 43 heavy (non-hydrogen) atoms. The van der Waals surface area contributed by atoms with Gasteiger partial charge in [-0.3, -0.25) is 14.4 Å². The Labute approximate surface area is 258 Å². The molecule has 0 aliphatic carbocycles. The molecule has 3 aromatic rings. The number of hydrogen-bond acceptors (Lipinski definition) is 7. The highest BCUT2D eigenvalue weighted by atomic mass is 32.2. The number of piperazine rings is 1. The van der Waals surface area contributed by atoms with Crippen molar-refractivity contribution in [2.45, 2.75) is 116 Å². The number of rotatable bonds is 10. The van der Waals surface area contributed by atoms with E-state index in [4.69, 9.17) is 11.1 Å². The van der Waals surface area contributed by atoms with Gasteiger partial charge in [-0.2, -0.15) is 9.40 Å². The molecule has 11 heteroatoms. The van der Waals surface area contributed by atoms with E-state index in [1.165, 1.54) is 4.68 Å². The fourth-order valence-corrected chi connectivity index (χ4v) is 8.30. The summed E-state index contributed by atoms with van der Waals surface area (Å²) in [7, 11) is -2.27. The zero-order chi connectivity index (χ0) is 32.9. The predicted octanol–water partition coefficient (Wildman–Crippen LogP) is 5.60. The second kappa shape index (κ2) is 12.0. The normalized spacial score (nSPS) is 19.5. The van der Waals surface area contributed by atoms with Crippen molar-refractivity contribution in [3.8, 4) is 17.1 Å². The van der Waals surface area contributed by atoms with Crippen LogP contribution in [0.3, 0.4) is 0 Å². The van der Waals surface area contributed by atoms with E-state index in [2.05, 4.69) is 51.5 Å². The van der Waals surface area contributed by atoms with Gasteiger partial charge in [0.15, 0.2) is 6.93 Å². The zero-order valence-electron chi connectivity index (χ0n) is 28.8. The molecule has 0 saturated carbocycles. The van der Waals surface area contributed by atoms with Gasteiger partial charge in [0, 0.05) is 37.6 Å². The third-order valence-electron chi connectivity index (χ3n) is 8.92. The monoisotopic (exact) mass is 615 g/mol. The largest absolute Gasteiger partial charge is 0.487 e. The predicted molar refractivity (Wildman–Crippen MR) is 172 cm³/mol. The number of fused-ring (bicyclic) bond motifs is 1. The summed E-state index contributed by atoms with van der Waals surface area (Å²) in [5, 5.41) is 4.63. The van der Waals surface area contributed by atoms with Crippen molar-refractivity contribution in [1.29, 1.82) is 0 Å². The molecule has 0 amide bonds. The van der Waals surface area contributed by atoms with Crippen LogP contribution < -0.4 is 10.3 Å². The molecule has 4 rings (SSSR count). The van der Waals surface area contributed by atoms with Gasteiger partial charge in [0.25, 0.3) is 5.56 Å². The molecule has 238 valence electrons. The molecule has 0 radical (unpaired) electrons. The van der Waals surface area contributed by atoms with Crippen molar-refractivity contribution in [1.82, 2.24) is 28.9 Å². The van der Waals surface area contributed by atoms with E-state index >= 15 is 0 Å². The first-order valence-corrected chi connectivity index (χ1v) is 16.9. The molecule has 1 N–H and O–H groups in total. The molecule has 3 heterocycles. The van der Waals surface area contributed by atoms with Crippen molar-refractivity contribution >= 4 is 21.1 Å². The maximum absolute atomic E-state index is 14.4. The molecule has 2 aromatic heterocycles. The van der Waals surface area contributed by atoms with Crippen LogP contribution in [0.2, 0.25) is 1.41 Å². The Morgan fingerprint density at radius 1 is 1.26 bits per heavy atom.